The Bertz CT molecular complexity index is 510. The molecule has 0 aromatic heterocycles. The van der Waals surface area contributed by atoms with Crippen molar-refractivity contribution >= 4 is 11.8 Å². The highest BCUT2D eigenvalue weighted by atomic mass is 19.2. The Balaban J connectivity index is 1.87. The maximum absolute atomic E-state index is 12.8. The van der Waals surface area contributed by atoms with Crippen molar-refractivity contribution in [2.75, 3.05) is 13.2 Å². The smallest absolute Gasteiger partial charge is 0.253 e. The Morgan fingerprint density at radius 2 is 1.72 bits per heavy atom. The molecule has 0 saturated carbocycles. The molecule has 0 radical (unpaired) electrons. The van der Waals surface area contributed by atoms with Crippen molar-refractivity contribution in [1.82, 2.24) is 4.90 Å². The topological polar surface area (TPSA) is 46.6 Å². The Morgan fingerprint density at radius 1 is 1.06 bits per heavy atom. The second-order valence-corrected chi connectivity index (χ2v) is 3.59. The van der Waals surface area contributed by atoms with E-state index < -0.39 is 23.4 Å². The minimum Gasteiger partial charge on any atom is -0.492 e. The molecule has 6 heteroatoms. The zero-order valence-electron chi connectivity index (χ0n) is 9.23. The van der Waals surface area contributed by atoms with E-state index in [9.17, 15) is 18.4 Å². The summed E-state index contributed by atoms with van der Waals surface area (Å²) in [5.74, 6) is -2.65. The highest BCUT2D eigenvalue weighted by Crippen LogP contribution is 2.15. The number of amides is 2. The summed E-state index contributed by atoms with van der Waals surface area (Å²) in [4.78, 5) is 23.4. The monoisotopic (exact) mass is 253 g/mol. The molecule has 94 valence electrons. The summed E-state index contributed by atoms with van der Waals surface area (Å²) in [6.07, 6.45) is 2.33. The maximum atomic E-state index is 12.8. The van der Waals surface area contributed by atoms with Gasteiger partial charge in [0.2, 0.25) is 0 Å². The van der Waals surface area contributed by atoms with Gasteiger partial charge in [-0.25, -0.2) is 8.78 Å². The zero-order valence-corrected chi connectivity index (χ0v) is 9.23. The van der Waals surface area contributed by atoms with Crippen molar-refractivity contribution in [3.05, 3.63) is 42.0 Å². The van der Waals surface area contributed by atoms with Crippen molar-refractivity contribution in [3.8, 4) is 5.75 Å². The third kappa shape index (κ3) is 2.53. The lowest BCUT2D eigenvalue weighted by Crippen LogP contribution is -2.33. The number of ether oxygens (including phenoxy) is 1. The molecule has 0 bridgehead atoms. The molecule has 1 heterocycles. The van der Waals surface area contributed by atoms with Crippen molar-refractivity contribution in [3.63, 3.8) is 0 Å². The van der Waals surface area contributed by atoms with Crippen LogP contribution in [0.25, 0.3) is 0 Å². The van der Waals surface area contributed by atoms with Gasteiger partial charge in [-0.05, 0) is 12.1 Å². The van der Waals surface area contributed by atoms with Gasteiger partial charge in [0.25, 0.3) is 11.8 Å². The molecular formula is C12H9F2NO3. The van der Waals surface area contributed by atoms with Crippen LogP contribution >= 0.6 is 0 Å². The van der Waals surface area contributed by atoms with Crippen LogP contribution in [0.3, 0.4) is 0 Å². The predicted octanol–water partition coefficient (Wildman–Crippen LogP) is 1.27. The number of halogens is 2. The average Bonchev–Trinajstić information content (AvgIpc) is 2.65. The number of nitrogens with zero attached hydrogens (tertiary/aromatic N) is 1. The quantitative estimate of drug-likeness (QED) is 0.759. The fraction of sp³-hybridized carbons (Fsp3) is 0.167. The average molecular weight is 253 g/mol. The Hall–Kier alpha value is -2.24. The summed E-state index contributed by atoms with van der Waals surface area (Å²) in [6.45, 7) is 0.0773. The van der Waals surface area contributed by atoms with Crippen LogP contribution in [0.4, 0.5) is 8.78 Å². The molecule has 18 heavy (non-hydrogen) atoms. The normalized spacial score (nSPS) is 14.4. The van der Waals surface area contributed by atoms with Crippen LogP contribution < -0.4 is 4.74 Å². The first-order chi connectivity index (χ1) is 8.58. The highest BCUT2D eigenvalue weighted by Gasteiger charge is 2.22. The number of imide groups is 1. The van der Waals surface area contributed by atoms with Crippen LogP contribution in [0.1, 0.15) is 0 Å². The minimum absolute atomic E-state index is 0.0181. The summed E-state index contributed by atoms with van der Waals surface area (Å²) in [5.41, 5.74) is 0. The molecule has 0 saturated heterocycles. The lowest BCUT2D eigenvalue weighted by atomic mass is 10.3. The molecule has 0 aliphatic carbocycles. The van der Waals surface area contributed by atoms with Crippen molar-refractivity contribution in [2.24, 2.45) is 0 Å². The van der Waals surface area contributed by atoms with Gasteiger partial charge >= 0.3 is 0 Å². The van der Waals surface area contributed by atoms with E-state index >= 15 is 0 Å². The molecule has 0 unspecified atom stereocenters. The molecular weight excluding hydrogens is 244 g/mol. The number of carbonyl (C=O) groups is 2. The van der Waals surface area contributed by atoms with E-state index in [-0.39, 0.29) is 18.9 Å². The molecule has 1 aromatic rings. The lowest BCUT2D eigenvalue weighted by Gasteiger charge is -2.14. The fourth-order valence-electron chi connectivity index (χ4n) is 1.47. The minimum atomic E-state index is -1.01. The van der Waals surface area contributed by atoms with Gasteiger partial charge in [0.05, 0.1) is 6.54 Å². The third-order valence-electron chi connectivity index (χ3n) is 2.38. The second kappa shape index (κ2) is 4.95. The van der Waals surface area contributed by atoms with Gasteiger partial charge in [0.1, 0.15) is 12.4 Å². The predicted molar refractivity (Wildman–Crippen MR) is 57.7 cm³/mol. The largest absolute Gasteiger partial charge is 0.492 e. The van der Waals surface area contributed by atoms with E-state index in [0.717, 1.165) is 17.0 Å². The molecule has 0 spiro atoms. The first-order valence-electron chi connectivity index (χ1n) is 5.19. The maximum Gasteiger partial charge on any atom is 0.253 e. The molecule has 0 N–H and O–H groups in total. The van der Waals surface area contributed by atoms with Gasteiger partial charge in [0.15, 0.2) is 11.6 Å². The fourth-order valence-corrected chi connectivity index (χ4v) is 1.47. The summed E-state index contributed by atoms with van der Waals surface area (Å²) >= 11 is 0. The Labute approximate surface area is 101 Å². The van der Waals surface area contributed by atoms with E-state index in [4.69, 9.17) is 4.74 Å². The van der Waals surface area contributed by atoms with Crippen LogP contribution in [0.2, 0.25) is 0 Å². The Kier molecular flexibility index (Phi) is 3.36. The number of rotatable bonds is 4. The van der Waals surface area contributed by atoms with Crippen molar-refractivity contribution in [2.45, 2.75) is 0 Å². The van der Waals surface area contributed by atoms with Crippen molar-refractivity contribution in [1.29, 1.82) is 0 Å². The highest BCUT2D eigenvalue weighted by molar-refractivity contribution is 6.12. The molecule has 1 aliphatic heterocycles. The molecule has 0 fully saturated rings. The van der Waals surface area contributed by atoms with E-state index in [2.05, 4.69) is 0 Å². The van der Waals surface area contributed by atoms with Crippen molar-refractivity contribution < 1.29 is 23.1 Å². The number of benzene rings is 1. The van der Waals surface area contributed by atoms with E-state index in [1.165, 1.54) is 18.2 Å². The first-order valence-corrected chi connectivity index (χ1v) is 5.19. The van der Waals surface area contributed by atoms with E-state index in [0.29, 0.717) is 0 Å². The zero-order chi connectivity index (χ0) is 13.1. The van der Waals surface area contributed by atoms with Crippen LogP contribution in [-0.2, 0) is 9.59 Å². The SMILES string of the molecule is O=C1C=CC(=O)N1CCOc1ccc(F)c(F)c1. The number of hydrogen-bond acceptors (Lipinski definition) is 3. The standard InChI is InChI=1S/C12H9F2NO3/c13-9-2-1-8(7-10(9)14)18-6-5-15-11(16)3-4-12(15)17/h1-4,7H,5-6H2. The lowest BCUT2D eigenvalue weighted by molar-refractivity contribution is -0.137. The third-order valence-corrected chi connectivity index (χ3v) is 2.38. The number of carbonyl (C=O) groups excluding carboxylic acids is 2. The Morgan fingerprint density at radius 3 is 2.33 bits per heavy atom. The van der Waals surface area contributed by atoms with Gasteiger partial charge in [-0.2, -0.15) is 0 Å². The molecule has 1 aromatic carbocycles. The molecule has 1 aliphatic rings. The summed E-state index contributed by atoms with van der Waals surface area (Å²) < 4.78 is 30.6. The van der Waals surface area contributed by atoms with Gasteiger partial charge in [-0.3, -0.25) is 14.5 Å². The summed E-state index contributed by atoms with van der Waals surface area (Å²) in [6, 6.07) is 3.11. The number of hydrogen-bond donors (Lipinski definition) is 0. The molecule has 0 atom stereocenters. The van der Waals surface area contributed by atoms with Gasteiger partial charge in [-0.1, -0.05) is 0 Å². The van der Waals surface area contributed by atoms with Crippen LogP contribution in [0.5, 0.6) is 5.75 Å². The first kappa shape index (κ1) is 12.2. The summed E-state index contributed by atoms with van der Waals surface area (Å²) in [7, 11) is 0. The summed E-state index contributed by atoms with van der Waals surface area (Å²) in [5, 5.41) is 0. The van der Waals surface area contributed by atoms with Gasteiger partial charge in [0, 0.05) is 18.2 Å². The molecule has 2 amide bonds. The second-order valence-electron chi connectivity index (χ2n) is 3.59. The molecule has 4 nitrogen and oxygen atoms in total. The van der Waals surface area contributed by atoms with Crippen LogP contribution in [-0.4, -0.2) is 29.9 Å². The van der Waals surface area contributed by atoms with E-state index in [1.807, 2.05) is 0 Å². The van der Waals surface area contributed by atoms with Gasteiger partial charge in [-0.15, -0.1) is 0 Å². The molecule has 2 rings (SSSR count). The van der Waals surface area contributed by atoms with Crippen LogP contribution in [0, 0.1) is 11.6 Å². The van der Waals surface area contributed by atoms with Gasteiger partial charge < -0.3 is 4.74 Å². The van der Waals surface area contributed by atoms with E-state index in [1.54, 1.807) is 0 Å². The van der Waals surface area contributed by atoms with Crippen LogP contribution in [0.15, 0.2) is 30.4 Å².